The fourth-order valence-electron chi connectivity index (χ4n) is 1.96. The third-order valence-electron chi connectivity index (χ3n) is 3.45. The highest BCUT2D eigenvalue weighted by molar-refractivity contribution is 5.90. The van der Waals surface area contributed by atoms with Gasteiger partial charge in [-0.05, 0) is 30.9 Å². The van der Waals surface area contributed by atoms with Crippen LogP contribution in [-0.2, 0) is 16.0 Å². The highest BCUT2D eigenvalue weighted by Crippen LogP contribution is 2.35. The van der Waals surface area contributed by atoms with E-state index in [0.717, 1.165) is 0 Å². The number of hydrogen-bond donors (Lipinski definition) is 2. The first-order chi connectivity index (χ1) is 8.94. The first-order valence-corrected chi connectivity index (χ1v) is 6.23. The average molecular weight is 265 g/mol. The molecule has 19 heavy (non-hydrogen) atoms. The van der Waals surface area contributed by atoms with Crippen molar-refractivity contribution in [2.75, 3.05) is 0 Å². The van der Waals surface area contributed by atoms with Crippen LogP contribution in [0.15, 0.2) is 24.3 Å². The molecule has 2 N–H and O–H groups in total. The number of carboxylic acids is 1. The molecule has 0 bridgehead atoms. The van der Waals surface area contributed by atoms with E-state index in [0.29, 0.717) is 18.4 Å². The number of carbonyl (C=O) groups is 2. The van der Waals surface area contributed by atoms with Gasteiger partial charge in [-0.15, -0.1) is 0 Å². The van der Waals surface area contributed by atoms with Gasteiger partial charge in [0.2, 0.25) is 5.91 Å². The maximum Gasteiger partial charge on any atom is 0.329 e. The van der Waals surface area contributed by atoms with Gasteiger partial charge >= 0.3 is 5.97 Å². The molecule has 0 aromatic heterocycles. The Morgan fingerprint density at radius 1 is 1.42 bits per heavy atom. The van der Waals surface area contributed by atoms with Gasteiger partial charge in [-0.3, -0.25) is 4.79 Å². The van der Waals surface area contributed by atoms with Crippen LogP contribution < -0.4 is 5.32 Å². The van der Waals surface area contributed by atoms with Crippen molar-refractivity contribution < 1.29 is 19.1 Å². The maximum absolute atomic E-state index is 13.5. The molecule has 0 radical (unpaired) electrons. The molecule has 102 valence electrons. The van der Waals surface area contributed by atoms with Gasteiger partial charge in [-0.25, -0.2) is 9.18 Å². The number of carbonyl (C=O) groups excluding carboxylic acids is 1. The number of amides is 1. The molecule has 1 fully saturated rings. The zero-order valence-electron chi connectivity index (χ0n) is 10.6. The minimum Gasteiger partial charge on any atom is -0.480 e. The van der Waals surface area contributed by atoms with Crippen LogP contribution in [0.4, 0.5) is 4.39 Å². The quantitative estimate of drug-likeness (QED) is 0.852. The molecule has 1 unspecified atom stereocenters. The van der Waals surface area contributed by atoms with E-state index < -0.39 is 17.4 Å². The normalized spacial score (nSPS) is 17.6. The topological polar surface area (TPSA) is 66.4 Å². The summed E-state index contributed by atoms with van der Waals surface area (Å²) in [6.45, 7) is 1.67. The Labute approximate surface area is 110 Å². The van der Waals surface area contributed by atoms with E-state index in [4.69, 9.17) is 5.11 Å². The third-order valence-corrected chi connectivity index (χ3v) is 3.45. The molecule has 1 saturated carbocycles. The number of nitrogens with one attached hydrogen (secondary N) is 1. The van der Waals surface area contributed by atoms with Gasteiger partial charge in [0, 0.05) is 5.92 Å². The highest BCUT2D eigenvalue weighted by Gasteiger charge is 2.51. The van der Waals surface area contributed by atoms with Crippen molar-refractivity contribution in [3.63, 3.8) is 0 Å². The van der Waals surface area contributed by atoms with Crippen molar-refractivity contribution in [1.29, 1.82) is 0 Å². The minimum absolute atomic E-state index is 0.258. The van der Waals surface area contributed by atoms with Crippen LogP contribution in [0.5, 0.6) is 0 Å². The SMILES string of the molecule is CC(Cc1ccccc1F)C(=O)NC1(C(=O)O)CC1. The van der Waals surface area contributed by atoms with Gasteiger partial charge in [-0.2, -0.15) is 0 Å². The van der Waals surface area contributed by atoms with E-state index in [1.165, 1.54) is 6.07 Å². The summed E-state index contributed by atoms with van der Waals surface area (Å²) in [4.78, 5) is 22.9. The van der Waals surface area contributed by atoms with Gasteiger partial charge in [0.05, 0.1) is 0 Å². The van der Waals surface area contributed by atoms with Crippen LogP contribution >= 0.6 is 0 Å². The van der Waals surface area contributed by atoms with E-state index in [-0.39, 0.29) is 18.1 Å². The van der Waals surface area contributed by atoms with E-state index in [2.05, 4.69) is 5.32 Å². The van der Waals surface area contributed by atoms with E-state index >= 15 is 0 Å². The lowest BCUT2D eigenvalue weighted by molar-refractivity contribution is -0.143. The number of benzene rings is 1. The number of hydrogen-bond acceptors (Lipinski definition) is 2. The molecule has 0 aliphatic heterocycles. The molecule has 1 aromatic carbocycles. The Bertz CT molecular complexity index is 511. The second-order valence-electron chi connectivity index (χ2n) is 5.07. The molecule has 0 spiro atoms. The predicted molar refractivity (Wildman–Crippen MR) is 67.0 cm³/mol. The number of halogens is 1. The molecule has 5 heteroatoms. The summed E-state index contributed by atoms with van der Waals surface area (Å²) < 4.78 is 13.5. The highest BCUT2D eigenvalue weighted by atomic mass is 19.1. The van der Waals surface area contributed by atoms with Crippen molar-refractivity contribution >= 4 is 11.9 Å². The maximum atomic E-state index is 13.5. The van der Waals surface area contributed by atoms with Crippen molar-refractivity contribution in [2.45, 2.75) is 31.7 Å². The smallest absolute Gasteiger partial charge is 0.329 e. The number of rotatable bonds is 5. The summed E-state index contributed by atoms with van der Waals surface area (Å²) >= 11 is 0. The lowest BCUT2D eigenvalue weighted by Crippen LogP contribution is -2.45. The fraction of sp³-hybridized carbons (Fsp3) is 0.429. The van der Waals surface area contributed by atoms with Crippen LogP contribution in [0, 0.1) is 11.7 Å². The molecule has 1 amide bonds. The number of carboxylic acid groups (broad SMARTS) is 1. The predicted octanol–water partition coefficient (Wildman–Crippen LogP) is 1.74. The summed E-state index contributed by atoms with van der Waals surface area (Å²) in [5.74, 6) is -2.16. The summed E-state index contributed by atoms with van der Waals surface area (Å²) in [5, 5.41) is 11.5. The largest absolute Gasteiger partial charge is 0.480 e. The molecule has 2 rings (SSSR count). The van der Waals surface area contributed by atoms with Crippen molar-refractivity contribution in [1.82, 2.24) is 5.32 Å². The summed E-state index contributed by atoms with van der Waals surface area (Å²) in [6.07, 6.45) is 1.18. The van der Waals surface area contributed by atoms with Gasteiger partial charge < -0.3 is 10.4 Å². The molecule has 1 aromatic rings. The first-order valence-electron chi connectivity index (χ1n) is 6.23. The molecule has 0 heterocycles. The van der Waals surface area contributed by atoms with Crippen molar-refractivity contribution in [2.24, 2.45) is 5.92 Å². The van der Waals surface area contributed by atoms with E-state index in [9.17, 15) is 14.0 Å². The first kappa shape index (κ1) is 13.5. The molecule has 1 aliphatic carbocycles. The Balaban J connectivity index is 1.97. The molecule has 1 atom stereocenters. The van der Waals surface area contributed by atoms with Crippen LogP contribution in [0.1, 0.15) is 25.3 Å². The summed E-state index contributed by atoms with van der Waals surface area (Å²) in [6, 6.07) is 6.28. The van der Waals surface area contributed by atoms with Crippen molar-refractivity contribution in [3.8, 4) is 0 Å². The molecular weight excluding hydrogens is 249 g/mol. The Kier molecular flexibility index (Phi) is 3.55. The molecule has 4 nitrogen and oxygen atoms in total. The van der Waals surface area contributed by atoms with Gasteiger partial charge in [-0.1, -0.05) is 25.1 Å². The standard InChI is InChI=1S/C14H16FNO3/c1-9(8-10-4-2-3-5-11(10)15)12(17)16-14(6-7-14)13(18)19/h2-5,9H,6-8H2,1H3,(H,16,17)(H,18,19). The van der Waals surface area contributed by atoms with Crippen molar-refractivity contribution in [3.05, 3.63) is 35.6 Å². The zero-order valence-corrected chi connectivity index (χ0v) is 10.6. The van der Waals surface area contributed by atoms with Crippen LogP contribution in [0.2, 0.25) is 0 Å². The average Bonchev–Trinajstić information content (AvgIpc) is 3.13. The van der Waals surface area contributed by atoms with Crippen LogP contribution in [-0.4, -0.2) is 22.5 Å². The van der Waals surface area contributed by atoms with Crippen LogP contribution in [0.25, 0.3) is 0 Å². The second-order valence-corrected chi connectivity index (χ2v) is 5.07. The molecule has 1 aliphatic rings. The number of aliphatic carboxylic acids is 1. The summed E-state index contributed by atoms with van der Waals surface area (Å²) in [7, 11) is 0. The third kappa shape index (κ3) is 2.92. The molecular formula is C14H16FNO3. The van der Waals surface area contributed by atoms with Gasteiger partial charge in [0.1, 0.15) is 11.4 Å². The van der Waals surface area contributed by atoms with E-state index in [1.54, 1.807) is 25.1 Å². The molecule has 0 saturated heterocycles. The zero-order chi connectivity index (χ0) is 14.0. The summed E-state index contributed by atoms with van der Waals surface area (Å²) in [5.41, 5.74) is -0.620. The lowest BCUT2D eigenvalue weighted by atomic mass is 9.99. The second kappa shape index (κ2) is 4.99. The Morgan fingerprint density at radius 2 is 2.05 bits per heavy atom. The Hall–Kier alpha value is -1.91. The minimum atomic E-state index is -1.08. The van der Waals surface area contributed by atoms with Gasteiger partial charge in [0.25, 0.3) is 0 Å². The lowest BCUT2D eigenvalue weighted by Gasteiger charge is -2.17. The van der Waals surface area contributed by atoms with Crippen LogP contribution in [0.3, 0.4) is 0 Å². The fourth-order valence-corrected chi connectivity index (χ4v) is 1.96. The monoisotopic (exact) mass is 265 g/mol. The van der Waals surface area contributed by atoms with E-state index in [1.807, 2.05) is 0 Å². The van der Waals surface area contributed by atoms with Gasteiger partial charge in [0.15, 0.2) is 0 Å². The Morgan fingerprint density at radius 3 is 2.58 bits per heavy atom.